The summed E-state index contributed by atoms with van der Waals surface area (Å²) in [6.07, 6.45) is 1.52. The smallest absolute Gasteiger partial charge is 0.317 e. The van der Waals surface area contributed by atoms with Crippen molar-refractivity contribution in [2.45, 2.75) is 45.1 Å². The summed E-state index contributed by atoms with van der Waals surface area (Å²) in [5, 5.41) is 3.46. The van der Waals surface area contributed by atoms with Gasteiger partial charge in [-0.15, -0.1) is 0 Å². The summed E-state index contributed by atoms with van der Waals surface area (Å²) in [5.41, 5.74) is 3.56. The third-order valence-electron chi connectivity index (χ3n) is 4.42. The maximum atomic E-state index is 13.3. The van der Waals surface area contributed by atoms with Crippen LogP contribution in [0, 0.1) is 5.82 Å². The molecule has 7 nitrogen and oxygen atoms in total. The zero-order valence-corrected chi connectivity index (χ0v) is 17.1. The van der Waals surface area contributed by atoms with Crippen molar-refractivity contribution in [3.63, 3.8) is 0 Å². The van der Waals surface area contributed by atoms with Crippen LogP contribution in [0.4, 0.5) is 19.1 Å². The fourth-order valence-corrected chi connectivity index (χ4v) is 3.19. The van der Waals surface area contributed by atoms with Gasteiger partial charge < -0.3 is 5.32 Å². The Balaban J connectivity index is 0.00000155. The Morgan fingerprint density at radius 1 is 1.13 bits per heavy atom. The van der Waals surface area contributed by atoms with Gasteiger partial charge in [-0.05, 0) is 37.0 Å². The minimum absolute atomic E-state index is 0.0393. The van der Waals surface area contributed by atoms with Crippen molar-refractivity contribution in [1.29, 1.82) is 0 Å². The second-order valence-corrected chi connectivity index (χ2v) is 6.63. The van der Waals surface area contributed by atoms with E-state index in [1.54, 1.807) is 11.5 Å². The molecule has 3 rings (SSSR count). The van der Waals surface area contributed by atoms with E-state index in [1.807, 2.05) is 19.3 Å². The largest absolute Gasteiger partial charge is 0.345 e. The molecule has 1 aliphatic carbocycles. The summed E-state index contributed by atoms with van der Waals surface area (Å²) in [4.78, 5) is 30.7. The molecule has 0 bridgehead atoms. The second kappa shape index (κ2) is 10.2. The number of halogens is 4. The molecule has 3 N–H and O–H groups in total. The Morgan fingerprint density at radius 2 is 1.77 bits per heavy atom. The number of hydrogen-bond donors (Lipinski definition) is 3. The summed E-state index contributed by atoms with van der Waals surface area (Å²) in [6.45, 7) is 4.00. The molecule has 11 heteroatoms. The molecule has 162 valence electrons. The lowest BCUT2D eigenvalue weighted by atomic mass is 9.72. The highest BCUT2D eigenvalue weighted by Crippen LogP contribution is 2.46. The monoisotopic (exact) mass is 443 g/mol. The number of anilines is 1. The number of aromatic nitrogens is 2. The van der Waals surface area contributed by atoms with E-state index in [4.69, 9.17) is 11.6 Å². The maximum absolute atomic E-state index is 13.3. The number of nitrogens with zero attached hydrogens (tertiary/aromatic N) is 2. The lowest BCUT2D eigenvalue weighted by Crippen LogP contribution is -2.44. The standard InChI is InChI=1S/C17H15ClF3N5O2.C2H6/c18-12-6-10(19)2-3-11(12)17(4-1-5-17)24-16-22-7-9(8-23-16)14(27)25-26-15(28)13(20)21;1-2/h2-3,6-8,13H,1,4-5H2,(H,25,27)(H,26,28)(H,22,23,24);1-2H3. The molecule has 1 fully saturated rings. The summed E-state index contributed by atoms with van der Waals surface area (Å²) >= 11 is 6.18. The molecule has 2 aromatic rings. The Hall–Kier alpha value is -2.88. The van der Waals surface area contributed by atoms with Gasteiger partial charge in [0.25, 0.3) is 5.91 Å². The molecular formula is C19H21ClF3N5O2. The van der Waals surface area contributed by atoms with E-state index in [0.717, 1.165) is 24.8 Å². The SMILES string of the molecule is CC.O=C(NNC(=O)C(F)F)c1cnc(NC2(c3ccc(F)cc3Cl)CCC2)nc1. The van der Waals surface area contributed by atoms with Crippen molar-refractivity contribution in [3.05, 3.63) is 52.6 Å². The highest BCUT2D eigenvalue weighted by Gasteiger charge is 2.40. The first-order chi connectivity index (χ1) is 14.3. The number of amides is 2. The molecule has 30 heavy (non-hydrogen) atoms. The molecule has 1 aromatic heterocycles. The Morgan fingerprint density at radius 3 is 2.27 bits per heavy atom. The summed E-state index contributed by atoms with van der Waals surface area (Å²) in [6, 6.07) is 4.17. The first-order valence-electron chi connectivity index (χ1n) is 9.25. The maximum Gasteiger partial charge on any atom is 0.317 e. The minimum atomic E-state index is -3.25. The van der Waals surface area contributed by atoms with Gasteiger partial charge in [-0.25, -0.2) is 14.4 Å². The highest BCUT2D eigenvalue weighted by atomic mass is 35.5. The molecule has 1 aliphatic rings. The van der Waals surface area contributed by atoms with Gasteiger partial charge in [0, 0.05) is 17.4 Å². The van der Waals surface area contributed by atoms with E-state index in [0.29, 0.717) is 0 Å². The normalized spacial score (nSPS) is 14.1. The molecular weight excluding hydrogens is 423 g/mol. The fourth-order valence-electron chi connectivity index (χ4n) is 2.84. The molecule has 2 amide bonds. The number of rotatable bonds is 5. The van der Waals surface area contributed by atoms with Gasteiger partial charge in [-0.1, -0.05) is 31.5 Å². The fraction of sp³-hybridized carbons (Fsp3) is 0.368. The number of alkyl halides is 2. The zero-order chi connectivity index (χ0) is 22.3. The molecule has 1 aromatic carbocycles. The summed E-state index contributed by atoms with van der Waals surface area (Å²) in [5.74, 6) is -2.70. The van der Waals surface area contributed by atoms with Crippen LogP contribution in [0.25, 0.3) is 0 Å². The Bertz CT molecular complexity index is 892. The van der Waals surface area contributed by atoms with E-state index in [-0.39, 0.29) is 16.5 Å². The molecule has 0 saturated heterocycles. The molecule has 1 saturated carbocycles. The van der Waals surface area contributed by atoms with E-state index in [9.17, 15) is 22.8 Å². The predicted molar refractivity (Wildman–Crippen MR) is 106 cm³/mol. The van der Waals surface area contributed by atoms with Gasteiger partial charge >= 0.3 is 12.3 Å². The lowest BCUT2D eigenvalue weighted by Gasteiger charge is -2.43. The third kappa shape index (κ3) is 5.38. The van der Waals surface area contributed by atoms with Gasteiger partial charge in [0.1, 0.15) is 5.82 Å². The average molecular weight is 444 g/mol. The minimum Gasteiger partial charge on any atom is -0.345 e. The van der Waals surface area contributed by atoms with E-state index in [2.05, 4.69) is 15.3 Å². The third-order valence-corrected chi connectivity index (χ3v) is 4.73. The first-order valence-corrected chi connectivity index (χ1v) is 9.63. The number of hydrazine groups is 1. The van der Waals surface area contributed by atoms with Crippen LogP contribution in [0.5, 0.6) is 0 Å². The van der Waals surface area contributed by atoms with Gasteiger partial charge in [-0.3, -0.25) is 20.4 Å². The Labute approximate surface area is 176 Å². The second-order valence-electron chi connectivity index (χ2n) is 6.22. The van der Waals surface area contributed by atoms with Crippen LogP contribution in [-0.4, -0.2) is 28.2 Å². The summed E-state index contributed by atoms with van der Waals surface area (Å²) in [7, 11) is 0. The van der Waals surface area contributed by atoms with E-state index >= 15 is 0 Å². The van der Waals surface area contributed by atoms with E-state index in [1.165, 1.54) is 24.5 Å². The molecule has 0 radical (unpaired) electrons. The van der Waals surface area contributed by atoms with E-state index < -0.39 is 29.6 Å². The van der Waals surface area contributed by atoms with Crippen LogP contribution in [0.2, 0.25) is 5.02 Å². The zero-order valence-electron chi connectivity index (χ0n) is 16.3. The Kier molecular flexibility index (Phi) is 7.99. The van der Waals surface area contributed by atoms with Crippen molar-refractivity contribution < 1.29 is 22.8 Å². The topological polar surface area (TPSA) is 96.0 Å². The van der Waals surface area contributed by atoms with Gasteiger partial charge in [-0.2, -0.15) is 8.78 Å². The van der Waals surface area contributed by atoms with Crippen molar-refractivity contribution in [1.82, 2.24) is 20.8 Å². The lowest BCUT2D eigenvalue weighted by molar-refractivity contribution is -0.132. The summed E-state index contributed by atoms with van der Waals surface area (Å²) < 4.78 is 37.5. The molecule has 0 atom stereocenters. The van der Waals surface area contributed by atoms with Crippen LogP contribution in [-0.2, 0) is 10.3 Å². The number of benzene rings is 1. The van der Waals surface area contributed by atoms with Crippen LogP contribution in [0.1, 0.15) is 49.0 Å². The van der Waals surface area contributed by atoms with Crippen LogP contribution < -0.4 is 16.2 Å². The van der Waals surface area contributed by atoms with Crippen LogP contribution in [0.3, 0.4) is 0 Å². The first kappa shape index (κ1) is 23.4. The van der Waals surface area contributed by atoms with Crippen molar-refractivity contribution >= 4 is 29.4 Å². The quantitative estimate of drug-likeness (QED) is 0.611. The van der Waals surface area contributed by atoms with Gasteiger partial charge in [0.2, 0.25) is 5.95 Å². The van der Waals surface area contributed by atoms with Crippen LogP contribution in [0.15, 0.2) is 30.6 Å². The number of hydrogen-bond acceptors (Lipinski definition) is 5. The molecule has 0 aliphatic heterocycles. The number of carbonyl (C=O) groups excluding carboxylic acids is 2. The molecule has 0 spiro atoms. The van der Waals surface area contributed by atoms with Gasteiger partial charge in [0.05, 0.1) is 11.1 Å². The van der Waals surface area contributed by atoms with Crippen LogP contribution >= 0.6 is 11.6 Å². The number of carbonyl (C=O) groups is 2. The predicted octanol–water partition coefficient (Wildman–Crippen LogP) is 3.81. The van der Waals surface area contributed by atoms with Crippen molar-refractivity contribution in [2.75, 3.05) is 5.32 Å². The highest BCUT2D eigenvalue weighted by molar-refractivity contribution is 6.31. The van der Waals surface area contributed by atoms with Gasteiger partial charge in [0.15, 0.2) is 0 Å². The average Bonchev–Trinajstić information content (AvgIpc) is 2.71. The molecule has 0 unspecified atom stereocenters. The molecule has 1 heterocycles. The number of nitrogens with one attached hydrogen (secondary N) is 3. The van der Waals surface area contributed by atoms with Crippen molar-refractivity contribution in [3.8, 4) is 0 Å². The van der Waals surface area contributed by atoms with Crippen molar-refractivity contribution in [2.24, 2.45) is 0 Å².